The highest BCUT2D eigenvalue weighted by molar-refractivity contribution is 5.38. The van der Waals surface area contributed by atoms with Crippen molar-refractivity contribution in [2.75, 3.05) is 18.5 Å². The molecule has 1 unspecified atom stereocenters. The zero-order chi connectivity index (χ0) is 12.5. The van der Waals surface area contributed by atoms with Crippen LogP contribution in [-0.4, -0.2) is 34.3 Å². The van der Waals surface area contributed by atoms with Gasteiger partial charge in [-0.2, -0.15) is 0 Å². The normalized spacial score (nSPS) is 12.2. The van der Waals surface area contributed by atoms with Gasteiger partial charge in [-0.3, -0.25) is 0 Å². The van der Waals surface area contributed by atoms with Crippen LogP contribution in [0.4, 0.5) is 5.82 Å². The van der Waals surface area contributed by atoms with E-state index in [2.05, 4.69) is 29.1 Å². The van der Waals surface area contributed by atoms with Crippen molar-refractivity contribution in [2.45, 2.75) is 39.2 Å². The molecule has 5 heteroatoms. The summed E-state index contributed by atoms with van der Waals surface area (Å²) in [6, 6.07) is 2.02. The minimum absolute atomic E-state index is 0.176. The van der Waals surface area contributed by atoms with E-state index in [0.717, 1.165) is 18.7 Å². The third-order valence-corrected chi connectivity index (χ3v) is 2.42. The van der Waals surface area contributed by atoms with Crippen molar-refractivity contribution in [1.29, 1.82) is 0 Å². The van der Waals surface area contributed by atoms with Gasteiger partial charge in [-0.1, -0.05) is 13.8 Å². The SMILES string of the molecule is CCCOc1cc(NC(CC)CCO)ncn1. The molecule has 1 rings (SSSR count). The highest BCUT2D eigenvalue weighted by atomic mass is 16.5. The highest BCUT2D eigenvalue weighted by Gasteiger charge is 2.07. The quantitative estimate of drug-likeness (QED) is 0.724. The van der Waals surface area contributed by atoms with Crippen LogP contribution in [0.2, 0.25) is 0 Å². The number of aliphatic hydroxyl groups is 1. The Morgan fingerprint density at radius 2 is 2.24 bits per heavy atom. The van der Waals surface area contributed by atoms with Crippen LogP contribution in [0.25, 0.3) is 0 Å². The number of nitrogens with one attached hydrogen (secondary N) is 1. The average molecular weight is 239 g/mol. The molecule has 0 aromatic carbocycles. The molecule has 0 amide bonds. The number of ether oxygens (including phenoxy) is 1. The molecule has 0 saturated heterocycles. The Bertz CT molecular complexity index is 320. The lowest BCUT2D eigenvalue weighted by atomic mass is 10.1. The van der Waals surface area contributed by atoms with E-state index in [0.29, 0.717) is 18.9 Å². The van der Waals surface area contributed by atoms with Crippen LogP contribution < -0.4 is 10.1 Å². The van der Waals surface area contributed by atoms with Crippen LogP contribution >= 0.6 is 0 Å². The molecule has 0 aliphatic carbocycles. The third kappa shape index (κ3) is 4.99. The van der Waals surface area contributed by atoms with Crippen molar-refractivity contribution < 1.29 is 9.84 Å². The summed E-state index contributed by atoms with van der Waals surface area (Å²) in [7, 11) is 0. The van der Waals surface area contributed by atoms with Gasteiger partial charge in [-0.05, 0) is 19.3 Å². The number of nitrogens with zero attached hydrogens (tertiary/aromatic N) is 2. The van der Waals surface area contributed by atoms with Crippen LogP contribution in [0.1, 0.15) is 33.1 Å². The summed E-state index contributed by atoms with van der Waals surface area (Å²) < 4.78 is 5.43. The zero-order valence-corrected chi connectivity index (χ0v) is 10.5. The Balaban J connectivity index is 2.57. The van der Waals surface area contributed by atoms with Gasteiger partial charge in [0, 0.05) is 18.7 Å². The Labute approximate surface area is 102 Å². The third-order valence-electron chi connectivity index (χ3n) is 2.42. The van der Waals surface area contributed by atoms with E-state index < -0.39 is 0 Å². The number of hydrogen-bond acceptors (Lipinski definition) is 5. The monoisotopic (exact) mass is 239 g/mol. The fourth-order valence-corrected chi connectivity index (χ4v) is 1.45. The summed E-state index contributed by atoms with van der Waals surface area (Å²) in [4.78, 5) is 8.17. The van der Waals surface area contributed by atoms with Crippen LogP contribution in [0.3, 0.4) is 0 Å². The lowest BCUT2D eigenvalue weighted by molar-refractivity contribution is 0.278. The van der Waals surface area contributed by atoms with Gasteiger partial charge in [0.2, 0.25) is 5.88 Å². The van der Waals surface area contributed by atoms with Gasteiger partial charge in [0.15, 0.2) is 0 Å². The van der Waals surface area contributed by atoms with Crippen molar-refractivity contribution in [3.8, 4) is 5.88 Å². The minimum atomic E-state index is 0.176. The molecule has 17 heavy (non-hydrogen) atoms. The number of rotatable bonds is 8. The first-order valence-corrected chi connectivity index (χ1v) is 6.12. The molecule has 0 aliphatic heterocycles. The molecule has 0 radical (unpaired) electrons. The smallest absolute Gasteiger partial charge is 0.218 e. The van der Waals surface area contributed by atoms with E-state index >= 15 is 0 Å². The molecule has 0 aliphatic rings. The summed E-state index contributed by atoms with van der Waals surface area (Å²) in [5.41, 5.74) is 0. The highest BCUT2D eigenvalue weighted by Crippen LogP contribution is 2.13. The predicted octanol–water partition coefficient (Wildman–Crippen LogP) is 1.84. The Hall–Kier alpha value is -1.36. The molecule has 1 atom stereocenters. The van der Waals surface area contributed by atoms with Gasteiger partial charge in [-0.15, -0.1) is 0 Å². The molecule has 2 N–H and O–H groups in total. The average Bonchev–Trinajstić information content (AvgIpc) is 2.36. The summed E-state index contributed by atoms with van der Waals surface area (Å²) in [6.45, 7) is 4.96. The molecular formula is C12H21N3O2. The molecule has 5 nitrogen and oxygen atoms in total. The molecule has 1 heterocycles. The van der Waals surface area contributed by atoms with E-state index in [1.165, 1.54) is 6.33 Å². The Morgan fingerprint density at radius 1 is 1.41 bits per heavy atom. The summed E-state index contributed by atoms with van der Waals surface area (Å²) in [5.74, 6) is 1.33. The summed E-state index contributed by atoms with van der Waals surface area (Å²) in [6.07, 6.45) is 4.09. The number of anilines is 1. The maximum Gasteiger partial charge on any atom is 0.218 e. The number of aromatic nitrogens is 2. The first kappa shape index (κ1) is 13.7. The van der Waals surface area contributed by atoms with Crippen LogP contribution in [0, 0.1) is 0 Å². The summed E-state index contributed by atoms with van der Waals surface area (Å²) in [5, 5.41) is 12.2. The predicted molar refractivity (Wildman–Crippen MR) is 67.2 cm³/mol. The largest absolute Gasteiger partial charge is 0.478 e. The van der Waals surface area contributed by atoms with Crippen LogP contribution in [0.5, 0.6) is 5.88 Å². The van der Waals surface area contributed by atoms with Crippen LogP contribution in [0.15, 0.2) is 12.4 Å². The molecule has 0 saturated carbocycles. The standard InChI is InChI=1S/C12H21N3O2/c1-3-7-17-12-8-11(13-9-14-12)15-10(4-2)5-6-16/h8-10,16H,3-7H2,1-2H3,(H,13,14,15). The first-order valence-electron chi connectivity index (χ1n) is 6.12. The Kier molecular flexibility index (Phi) is 6.32. The first-order chi connectivity index (χ1) is 8.30. The van der Waals surface area contributed by atoms with Gasteiger partial charge >= 0.3 is 0 Å². The molecular weight excluding hydrogens is 218 g/mol. The van der Waals surface area contributed by atoms with Gasteiger partial charge < -0.3 is 15.2 Å². The molecule has 0 bridgehead atoms. The maximum atomic E-state index is 8.92. The van der Waals surface area contributed by atoms with Crippen molar-refractivity contribution in [3.05, 3.63) is 12.4 Å². The van der Waals surface area contributed by atoms with E-state index in [-0.39, 0.29) is 12.6 Å². The fraction of sp³-hybridized carbons (Fsp3) is 0.667. The van der Waals surface area contributed by atoms with Crippen molar-refractivity contribution in [3.63, 3.8) is 0 Å². The second kappa shape index (κ2) is 7.84. The summed E-state index contributed by atoms with van der Waals surface area (Å²) >= 11 is 0. The lowest BCUT2D eigenvalue weighted by Crippen LogP contribution is -2.20. The molecule has 1 aromatic heterocycles. The van der Waals surface area contributed by atoms with E-state index in [1.807, 2.05) is 0 Å². The molecule has 0 spiro atoms. The minimum Gasteiger partial charge on any atom is -0.478 e. The second-order valence-electron chi connectivity index (χ2n) is 3.85. The second-order valence-corrected chi connectivity index (χ2v) is 3.85. The van der Waals surface area contributed by atoms with Crippen molar-refractivity contribution in [1.82, 2.24) is 9.97 Å². The topological polar surface area (TPSA) is 67.3 Å². The van der Waals surface area contributed by atoms with Gasteiger partial charge in [-0.25, -0.2) is 9.97 Å². The van der Waals surface area contributed by atoms with Crippen LogP contribution in [-0.2, 0) is 0 Å². The number of hydrogen-bond donors (Lipinski definition) is 2. The van der Waals surface area contributed by atoms with E-state index in [1.54, 1.807) is 6.07 Å². The van der Waals surface area contributed by atoms with Gasteiger partial charge in [0.05, 0.1) is 6.61 Å². The van der Waals surface area contributed by atoms with E-state index in [9.17, 15) is 0 Å². The van der Waals surface area contributed by atoms with E-state index in [4.69, 9.17) is 9.84 Å². The molecule has 0 fully saturated rings. The Morgan fingerprint density at radius 3 is 2.88 bits per heavy atom. The van der Waals surface area contributed by atoms with Crippen molar-refractivity contribution in [2.24, 2.45) is 0 Å². The lowest BCUT2D eigenvalue weighted by Gasteiger charge is -2.16. The fourth-order valence-electron chi connectivity index (χ4n) is 1.45. The van der Waals surface area contributed by atoms with Crippen molar-refractivity contribution >= 4 is 5.82 Å². The van der Waals surface area contributed by atoms with Gasteiger partial charge in [0.25, 0.3) is 0 Å². The number of aliphatic hydroxyl groups excluding tert-OH is 1. The molecule has 1 aromatic rings. The van der Waals surface area contributed by atoms with Gasteiger partial charge in [0.1, 0.15) is 12.1 Å². The zero-order valence-electron chi connectivity index (χ0n) is 10.5. The molecule has 96 valence electrons. The maximum absolute atomic E-state index is 8.92.